The van der Waals surface area contributed by atoms with E-state index in [2.05, 4.69) is 10.4 Å². The standard InChI is InChI=1S/C20H27N3O5/c1-13(2)10-16(21-19(25)27-12-15-8-6-5-7-9-15)17(24)18-22-23(11-14(3)4)20(26)28-18/h5-9,13-14,16H,10-12H2,1-4H3,(H,21,25)/t16-/m0/s1. The molecule has 0 radical (unpaired) electrons. The summed E-state index contributed by atoms with van der Waals surface area (Å²) in [6.07, 6.45) is -0.355. The predicted molar refractivity (Wildman–Crippen MR) is 103 cm³/mol. The number of hydrogen-bond donors (Lipinski definition) is 1. The number of hydrogen-bond acceptors (Lipinski definition) is 6. The van der Waals surface area contributed by atoms with Crippen LogP contribution in [0.3, 0.4) is 0 Å². The smallest absolute Gasteiger partial charge is 0.437 e. The van der Waals surface area contributed by atoms with Gasteiger partial charge in [0.25, 0.3) is 5.89 Å². The van der Waals surface area contributed by atoms with E-state index in [9.17, 15) is 14.4 Å². The number of ether oxygens (including phenoxy) is 1. The van der Waals surface area contributed by atoms with Crippen molar-refractivity contribution in [2.45, 2.75) is 53.3 Å². The number of rotatable bonds is 9. The molecule has 1 aromatic heterocycles. The molecule has 0 fully saturated rings. The number of nitrogens with one attached hydrogen (secondary N) is 1. The van der Waals surface area contributed by atoms with E-state index in [4.69, 9.17) is 9.15 Å². The Bertz CT molecular complexity index is 839. The molecule has 1 atom stereocenters. The first-order valence-electron chi connectivity index (χ1n) is 9.35. The van der Waals surface area contributed by atoms with Gasteiger partial charge in [-0.05, 0) is 23.8 Å². The number of aromatic nitrogens is 2. The molecule has 1 N–H and O–H groups in total. The second kappa shape index (κ2) is 9.87. The molecule has 2 aromatic rings. The van der Waals surface area contributed by atoms with Crippen molar-refractivity contribution in [1.82, 2.24) is 15.1 Å². The molecule has 1 aromatic carbocycles. The van der Waals surface area contributed by atoms with Gasteiger partial charge in [0.05, 0.1) is 6.54 Å². The maximum absolute atomic E-state index is 12.8. The van der Waals surface area contributed by atoms with Crippen LogP contribution >= 0.6 is 0 Å². The molecular weight excluding hydrogens is 362 g/mol. The molecule has 8 nitrogen and oxygen atoms in total. The van der Waals surface area contributed by atoms with Gasteiger partial charge in [0.15, 0.2) is 0 Å². The number of benzene rings is 1. The van der Waals surface area contributed by atoms with Crippen LogP contribution in [0.2, 0.25) is 0 Å². The first-order chi connectivity index (χ1) is 13.3. The minimum Gasteiger partial charge on any atom is -0.445 e. The van der Waals surface area contributed by atoms with Crippen LogP contribution in [0.1, 0.15) is 50.4 Å². The highest BCUT2D eigenvalue weighted by atomic mass is 16.5. The minimum atomic E-state index is -0.895. The number of nitrogens with zero attached hydrogens (tertiary/aromatic N) is 2. The summed E-state index contributed by atoms with van der Waals surface area (Å²) in [6, 6.07) is 8.33. The van der Waals surface area contributed by atoms with Gasteiger partial charge in [-0.15, -0.1) is 5.10 Å². The molecule has 2 rings (SSSR count). The molecule has 0 unspecified atom stereocenters. The van der Waals surface area contributed by atoms with Gasteiger partial charge < -0.3 is 14.5 Å². The Labute approximate surface area is 163 Å². The quantitative estimate of drug-likeness (QED) is 0.661. The van der Waals surface area contributed by atoms with E-state index in [1.165, 1.54) is 0 Å². The fourth-order valence-corrected chi connectivity index (χ4v) is 2.63. The van der Waals surface area contributed by atoms with Crippen LogP contribution in [0.15, 0.2) is 39.5 Å². The Morgan fingerprint density at radius 1 is 1.14 bits per heavy atom. The Morgan fingerprint density at radius 2 is 1.82 bits per heavy atom. The van der Waals surface area contributed by atoms with E-state index in [0.717, 1.165) is 10.2 Å². The Hall–Kier alpha value is -2.90. The summed E-state index contributed by atoms with van der Waals surface area (Å²) in [7, 11) is 0. The fraction of sp³-hybridized carbons (Fsp3) is 0.500. The fourth-order valence-electron chi connectivity index (χ4n) is 2.63. The van der Waals surface area contributed by atoms with Gasteiger partial charge in [0, 0.05) is 0 Å². The van der Waals surface area contributed by atoms with Crippen molar-refractivity contribution in [3.05, 3.63) is 52.3 Å². The second-order valence-electron chi connectivity index (χ2n) is 7.50. The normalized spacial score (nSPS) is 12.2. The van der Waals surface area contributed by atoms with Gasteiger partial charge in [-0.3, -0.25) is 4.79 Å². The third-order valence-corrected chi connectivity index (χ3v) is 3.88. The highest BCUT2D eigenvalue weighted by molar-refractivity contribution is 5.97. The Balaban J connectivity index is 2.06. The molecule has 28 heavy (non-hydrogen) atoms. The summed E-state index contributed by atoms with van der Waals surface area (Å²) >= 11 is 0. The first-order valence-corrected chi connectivity index (χ1v) is 9.35. The zero-order valence-corrected chi connectivity index (χ0v) is 16.7. The van der Waals surface area contributed by atoms with Crippen LogP contribution in [0.5, 0.6) is 0 Å². The average Bonchev–Trinajstić information content (AvgIpc) is 2.99. The summed E-state index contributed by atoms with van der Waals surface area (Å²) in [5.74, 6) is -1.26. The lowest BCUT2D eigenvalue weighted by atomic mass is 10.0. The van der Waals surface area contributed by atoms with Gasteiger partial charge in [0.2, 0.25) is 5.78 Å². The van der Waals surface area contributed by atoms with Crippen molar-refractivity contribution in [3.8, 4) is 0 Å². The number of carbonyl (C=O) groups excluding carboxylic acids is 2. The lowest BCUT2D eigenvalue weighted by molar-refractivity contribution is 0.0867. The zero-order valence-electron chi connectivity index (χ0n) is 16.7. The van der Waals surface area contributed by atoms with Crippen LogP contribution in [0, 0.1) is 11.8 Å². The molecule has 0 aliphatic carbocycles. The lowest BCUT2D eigenvalue weighted by Crippen LogP contribution is -2.42. The molecule has 0 aliphatic heterocycles. The molecule has 0 saturated carbocycles. The third kappa shape index (κ3) is 6.37. The molecule has 1 amide bonds. The summed E-state index contributed by atoms with van der Waals surface area (Å²) < 4.78 is 11.3. The van der Waals surface area contributed by atoms with Gasteiger partial charge in [-0.2, -0.15) is 4.68 Å². The molecule has 0 spiro atoms. The van der Waals surface area contributed by atoms with Crippen LogP contribution in [0.25, 0.3) is 0 Å². The summed E-state index contributed by atoms with van der Waals surface area (Å²) in [4.78, 5) is 36.8. The molecule has 0 aliphatic rings. The summed E-state index contributed by atoms with van der Waals surface area (Å²) in [5.41, 5.74) is 0.836. The van der Waals surface area contributed by atoms with E-state index in [1.807, 2.05) is 58.0 Å². The summed E-state index contributed by atoms with van der Waals surface area (Å²) in [6.45, 7) is 8.13. The minimum absolute atomic E-state index is 0.0906. The van der Waals surface area contributed by atoms with Crippen molar-refractivity contribution in [2.24, 2.45) is 11.8 Å². The van der Waals surface area contributed by atoms with Crippen molar-refractivity contribution >= 4 is 11.9 Å². The largest absolute Gasteiger partial charge is 0.445 e. The molecule has 152 valence electrons. The third-order valence-electron chi connectivity index (χ3n) is 3.88. The lowest BCUT2D eigenvalue weighted by Gasteiger charge is -2.17. The Morgan fingerprint density at radius 3 is 2.43 bits per heavy atom. The topological polar surface area (TPSA) is 103 Å². The monoisotopic (exact) mass is 389 g/mol. The van der Waals surface area contributed by atoms with Gasteiger partial charge in [-0.25, -0.2) is 9.59 Å². The summed E-state index contributed by atoms with van der Waals surface area (Å²) in [5, 5.41) is 6.54. The van der Waals surface area contributed by atoms with Crippen LogP contribution in [-0.2, 0) is 17.9 Å². The number of amides is 1. The molecule has 0 saturated heterocycles. The maximum atomic E-state index is 12.8. The van der Waals surface area contributed by atoms with E-state index < -0.39 is 23.7 Å². The number of carbonyl (C=O) groups is 2. The number of Topliss-reactive ketones (excluding diaryl/α,β-unsaturated/α-hetero) is 1. The molecule has 8 heteroatoms. The van der Waals surface area contributed by atoms with E-state index >= 15 is 0 Å². The second-order valence-corrected chi connectivity index (χ2v) is 7.50. The average molecular weight is 389 g/mol. The van der Waals surface area contributed by atoms with E-state index in [1.54, 1.807) is 0 Å². The molecular formula is C20H27N3O5. The van der Waals surface area contributed by atoms with Gasteiger partial charge >= 0.3 is 11.8 Å². The van der Waals surface area contributed by atoms with Gasteiger partial charge in [-0.1, -0.05) is 58.0 Å². The van der Waals surface area contributed by atoms with E-state index in [-0.39, 0.29) is 24.3 Å². The number of ketones is 1. The van der Waals surface area contributed by atoms with E-state index in [0.29, 0.717) is 13.0 Å². The number of alkyl carbamates (subject to hydrolysis) is 1. The first kappa shape index (κ1) is 21.4. The van der Waals surface area contributed by atoms with Crippen molar-refractivity contribution in [3.63, 3.8) is 0 Å². The van der Waals surface area contributed by atoms with Crippen LogP contribution < -0.4 is 11.1 Å². The zero-order chi connectivity index (χ0) is 20.7. The maximum Gasteiger partial charge on any atom is 0.437 e. The Kier molecular flexibility index (Phi) is 7.54. The van der Waals surface area contributed by atoms with Crippen molar-refractivity contribution in [1.29, 1.82) is 0 Å². The van der Waals surface area contributed by atoms with Crippen molar-refractivity contribution in [2.75, 3.05) is 0 Å². The van der Waals surface area contributed by atoms with Crippen LogP contribution in [-0.4, -0.2) is 27.7 Å². The highest BCUT2D eigenvalue weighted by Gasteiger charge is 2.28. The predicted octanol–water partition coefficient (Wildman–Crippen LogP) is 3.02. The highest BCUT2D eigenvalue weighted by Crippen LogP contribution is 2.11. The van der Waals surface area contributed by atoms with Crippen molar-refractivity contribution < 1.29 is 18.7 Å². The van der Waals surface area contributed by atoms with Gasteiger partial charge in [0.1, 0.15) is 12.6 Å². The SMILES string of the molecule is CC(C)C[C@H](NC(=O)OCc1ccccc1)C(=O)c1nn(CC(C)C)c(=O)o1. The molecule has 0 bridgehead atoms. The van der Waals surface area contributed by atoms with Crippen LogP contribution in [0.4, 0.5) is 4.79 Å². The molecule has 1 heterocycles.